The summed E-state index contributed by atoms with van der Waals surface area (Å²) in [6, 6.07) is 15.1. The van der Waals surface area contributed by atoms with Gasteiger partial charge in [-0.15, -0.1) is 47.5 Å². The van der Waals surface area contributed by atoms with Crippen LogP contribution in [0.2, 0.25) is 0 Å². The molecule has 3 rings (SSSR count). The van der Waals surface area contributed by atoms with Gasteiger partial charge in [0.1, 0.15) is 0 Å². The van der Waals surface area contributed by atoms with Crippen molar-refractivity contribution in [1.29, 1.82) is 0 Å². The molecule has 0 amide bonds. The van der Waals surface area contributed by atoms with E-state index >= 15 is 0 Å². The summed E-state index contributed by atoms with van der Waals surface area (Å²) >= 11 is 0. The van der Waals surface area contributed by atoms with Gasteiger partial charge < -0.3 is 30.6 Å². The van der Waals surface area contributed by atoms with Gasteiger partial charge in [0.05, 0.1) is 33.4 Å². The van der Waals surface area contributed by atoms with E-state index in [4.69, 9.17) is 30.6 Å². The minimum absolute atomic E-state index is 0. The molecule has 0 heterocycles. The van der Waals surface area contributed by atoms with E-state index in [1.54, 1.807) is 0 Å². The Kier molecular flexibility index (Phi) is 85.6. The second-order valence-corrected chi connectivity index (χ2v) is 35.7. The molecule has 0 fully saturated rings. The summed E-state index contributed by atoms with van der Waals surface area (Å²) in [6.07, 6.45) is 25.5. The molecule has 0 saturated carbocycles. The predicted molar refractivity (Wildman–Crippen MR) is 352 cm³/mol. The summed E-state index contributed by atoms with van der Waals surface area (Å²) in [6.45, 7) is 41.2. The molecule has 480 valence electrons. The molecule has 81 heavy (non-hydrogen) atoms. The van der Waals surface area contributed by atoms with E-state index in [1.165, 1.54) is 184 Å². The first-order chi connectivity index (χ1) is 36.9. The topological polar surface area (TPSA) is 224 Å². The van der Waals surface area contributed by atoms with Crippen molar-refractivity contribution in [3.63, 3.8) is 0 Å². The third-order valence-corrected chi connectivity index (χ3v) is 28.3. The van der Waals surface area contributed by atoms with Crippen LogP contribution in [-0.4, -0.2) is 177 Å². The third kappa shape index (κ3) is 59.3. The quantitative estimate of drug-likeness (QED) is 0.0461. The fourth-order valence-electron chi connectivity index (χ4n) is 6.29. The third-order valence-electron chi connectivity index (χ3n) is 12.2. The summed E-state index contributed by atoms with van der Waals surface area (Å²) in [5, 5.41) is 50.8. The molecule has 0 bridgehead atoms. The summed E-state index contributed by atoms with van der Waals surface area (Å²) < 4.78 is 0. The molecule has 6 N–H and O–H groups in total. The Morgan fingerprint density at radius 2 is 0.272 bits per heavy atom. The first-order valence-corrected chi connectivity index (χ1v) is 39.3. The fraction of sp³-hybridized carbons (Fsp3) is 0.600. The van der Waals surface area contributed by atoms with Crippen LogP contribution >= 0.6 is 47.5 Å². The van der Waals surface area contributed by atoms with E-state index in [9.17, 15) is 28.8 Å². The zero-order valence-electron chi connectivity index (χ0n) is 52.4. The molecule has 0 aliphatic carbocycles. The van der Waals surface area contributed by atoms with Gasteiger partial charge in [-0.3, -0.25) is 0 Å². The Morgan fingerprint density at radius 3 is 0.296 bits per heavy atom. The monoisotopic (exact) mass is 1790 g/mol. The molecular weight excluding hydrogens is 1680 g/mol. The van der Waals surface area contributed by atoms with E-state index in [1.807, 2.05) is 0 Å². The van der Waals surface area contributed by atoms with E-state index < -0.39 is 35.8 Å². The Morgan fingerprint density at radius 1 is 0.210 bits per heavy atom. The van der Waals surface area contributed by atoms with Crippen LogP contribution < -0.4 is 0 Å². The van der Waals surface area contributed by atoms with Crippen LogP contribution in [-0.2, 0) is 63.2 Å². The first-order valence-electron chi connectivity index (χ1n) is 28.0. The van der Waals surface area contributed by atoms with Gasteiger partial charge in [0.25, 0.3) is 0 Å². The summed E-state index contributed by atoms with van der Waals surface area (Å²) in [4.78, 5) is 62.0. The largest absolute Gasteiger partial charge is 0.478 e. The second-order valence-electron chi connectivity index (χ2n) is 16.3. The van der Waals surface area contributed by atoms with E-state index in [-0.39, 0.29) is 96.6 Å². The van der Waals surface area contributed by atoms with Gasteiger partial charge in [-0.25, -0.2) is 28.8 Å². The number of hydrogen-bond donors (Lipinski definition) is 6. The average molecular weight is 1790 g/mol. The van der Waals surface area contributed by atoms with Gasteiger partial charge in [0, 0.05) is 63.2 Å². The van der Waals surface area contributed by atoms with Crippen LogP contribution in [0, 0.1) is 0 Å². The smallest absolute Gasteiger partial charge is 0.335 e. The Bertz CT molecular complexity index is 1510. The minimum atomic E-state index is -1.06. The Hall–Kier alpha value is -0.875. The summed E-state index contributed by atoms with van der Waals surface area (Å²) in [5.74, 6) is -6.38. The number of rotatable bonds is 24. The normalized spacial score (nSPS) is 9.48. The van der Waals surface area contributed by atoms with E-state index in [0.29, 0.717) is 47.5 Å². The zero-order chi connectivity index (χ0) is 61.6. The number of benzene rings is 3. The average Bonchev–Trinajstić information content (AvgIpc) is 3.45. The summed E-state index contributed by atoms with van der Waals surface area (Å²) in [5.41, 5.74) is 0.500. The van der Waals surface area contributed by atoms with Crippen LogP contribution in [0.1, 0.15) is 187 Å². The van der Waals surface area contributed by atoms with Crippen molar-refractivity contribution >= 4 is 83.3 Å². The van der Waals surface area contributed by atoms with Crippen molar-refractivity contribution in [1.82, 2.24) is 0 Å². The molecule has 0 radical (unpaired) electrons. The summed E-state index contributed by atoms with van der Waals surface area (Å²) in [7, 11) is 2.68. The molecule has 0 unspecified atom stereocenters. The fourth-order valence-corrected chi connectivity index (χ4v) is 14.3. The van der Waals surface area contributed by atoms with Crippen LogP contribution in [0.5, 0.6) is 0 Å². The molecule has 3 aromatic rings. The number of carbonyl (C=O) groups is 6. The van der Waals surface area contributed by atoms with Crippen LogP contribution in [0.4, 0.5) is 0 Å². The Balaban J connectivity index is -0.000000104. The standard InChI is InChI=1S/3C8H6O4.6C6H15P.3Pt/c3*9-7(10)5-1-2-6(4-3-5)8(11)12;6*1-4-7(5-2)6-3;;;/h3*1-4H,(H,9,10)(H,11,12);6*4-6H2,1-3H3;;;. The van der Waals surface area contributed by atoms with Gasteiger partial charge >= 0.3 is 35.8 Å². The van der Waals surface area contributed by atoms with Gasteiger partial charge in [-0.1, -0.05) is 125 Å². The zero-order valence-corrected chi connectivity index (χ0v) is 64.6. The number of hydrogen-bond acceptors (Lipinski definition) is 6. The van der Waals surface area contributed by atoms with Crippen molar-refractivity contribution in [2.75, 3.05) is 111 Å². The molecule has 3 aromatic carbocycles. The van der Waals surface area contributed by atoms with Gasteiger partial charge in [0.15, 0.2) is 0 Å². The minimum Gasteiger partial charge on any atom is -0.478 e. The maximum atomic E-state index is 10.3. The molecule has 0 saturated heterocycles. The van der Waals surface area contributed by atoms with E-state index in [2.05, 4.69) is 125 Å². The van der Waals surface area contributed by atoms with Gasteiger partial charge in [-0.05, 0) is 184 Å². The van der Waals surface area contributed by atoms with Gasteiger partial charge in [-0.2, -0.15) is 0 Å². The Labute approximate surface area is 543 Å². The molecular formula is C60H108O12P6Pt3. The van der Waals surface area contributed by atoms with Crippen molar-refractivity contribution in [2.45, 2.75) is 125 Å². The number of aromatic carboxylic acids is 6. The second kappa shape index (κ2) is 69.9. The first kappa shape index (κ1) is 99.2. The number of carboxylic acids is 6. The molecule has 0 spiro atoms. The van der Waals surface area contributed by atoms with Crippen LogP contribution in [0.15, 0.2) is 72.8 Å². The van der Waals surface area contributed by atoms with Gasteiger partial charge in [0.2, 0.25) is 0 Å². The SMILES string of the molecule is CCP(CC)CC.CCP(CC)CC.CCP(CC)CC.CCP(CC)CC.CCP(CC)CC.CCP(CC)CC.O=C(O)c1ccc(C(=O)O)cc1.O=C(O)c1ccc(C(=O)O)cc1.O=C(O)c1ccc(C(=O)O)cc1.[Pt].[Pt].[Pt]. The van der Waals surface area contributed by atoms with Crippen LogP contribution in [0.25, 0.3) is 0 Å². The number of carboxylic acid groups (broad SMARTS) is 6. The maximum Gasteiger partial charge on any atom is 0.335 e. The maximum absolute atomic E-state index is 10.3. The molecule has 21 heteroatoms. The van der Waals surface area contributed by atoms with Crippen LogP contribution in [0.3, 0.4) is 0 Å². The molecule has 12 nitrogen and oxygen atoms in total. The predicted octanol–water partition coefficient (Wildman–Crippen LogP) is 18.4. The van der Waals surface area contributed by atoms with Crippen molar-refractivity contribution in [2.24, 2.45) is 0 Å². The molecule has 0 aliphatic rings. The van der Waals surface area contributed by atoms with Crippen molar-refractivity contribution in [3.05, 3.63) is 106 Å². The van der Waals surface area contributed by atoms with Crippen molar-refractivity contribution in [3.8, 4) is 0 Å². The van der Waals surface area contributed by atoms with Crippen molar-refractivity contribution < 1.29 is 123 Å². The van der Waals surface area contributed by atoms with E-state index in [0.717, 1.165) is 0 Å². The molecule has 0 atom stereocenters. The molecule has 0 aromatic heterocycles. The molecule has 0 aliphatic heterocycles.